The number of hydrogen-bond acceptors (Lipinski definition) is 4. The predicted molar refractivity (Wildman–Crippen MR) is 82.3 cm³/mol. The van der Waals surface area contributed by atoms with E-state index in [1.54, 1.807) is 16.3 Å². The molecule has 0 radical (unpaired) electrons. The molecular formula is C15H18N2O2S. The van der Waals surface area contributed by atoms with Crippen LogP contribution >= 0.6 is 11.3 Å². The van der Waals surface area contributed by atoms with Gasteiger partial charge in [0.1, 0.15) is 10.6 Å². The van der Waals surface area contributed by atoms with Crippen molar-refractivity contribution in [3.8, 4) is 0 Å². The van der Waals surface area contributed by atoms with Gasteiger partial charge >= 0.3 is 6.09 Å². The summed E-state index contributed by atoms with van der Waals surface area (Å²) in [5, 5.41) is 4.60. The average Bonchev–Trinajstić information content (AvgIpc) is 2.88. The summed E-state index contributed by atoms with van der Waals surface area (Å²) >= 11 is 1.54. The third-order valence-corrected chi connectivity index (χ3v) is 3.20. The van der Waals surface area contributed by atoms with Gasteiger partial charge in [0.05, 0.1) is 5.69 Å². The van der Waals surface area contributed by atoms with Crippen LogP contribution in [-0.2, 0) is 4.74 Å². The molecule has 1 aromatic heterocycles. The first kappa shape index (κ1) is 14.4. The Hall–Kier alpha value is -2.01. The Bertz CT molecular complexity index is 547. The van der Waals surface area contributed by atoms with Gasteiger partial charge in [-0.05, 0) is 50.4 Å². The molecule has 1 aromatic carbocycles. The summed E-state index contributed by atoms with van der Waals surface area (Å²) in [7, 11) is 0. The Kier molecular flexibility index (Phi) is 4.29. The standard InChI is InChI=1S/C15H18N2O2S/c1-15(2,3)19-14(18)16-17(13-10-7-11-20-13)12-8-5-4-6-9-12/h4-11H,1-3H3,(H,16,18). The second-order valence-corrected chi connectivity index (χ2v) is 6.16. The number of nitrogens with one attached hydrogen (secondary N) is 1. The highest BCUT2D eigenvalue weighted by Gasteiger charge is 2.19. The highest BCUT2D eigenvalue weighted by molar-refractivity contribution is 7.14. The van der Waals surface area contributed by atoms with Crippen molar-refractivity contribution in [2.24, 2.45) is 0 Å². The molecule has 2 rings (SSSR count). The number of benzene rings is 1. The fourth-order valence-corrected chi connectivity index (χ4v) is 2.32. The van der Waals surface area contributed by atoms with Gasteiger partial charge in [0.2, 0.25) is 0 Å². The van der Waals surface area contributed by atoms with Gasteiger partial charge in [0.15, 0.2) is 0 Å². The summed E-state index contributed by atoms with van der Waals surface area (Å²) in [6.07, 6.45) is -0.477. The fraction of sp³-hybridized carbons (Fsp3) is 0.267. The number of anilines is 2. The average molecular weight is 290 g/mol. The minimum Gasteiger partial charge on any atom is -0.443 e. The molecule has 4 nitrogen and oxygen atoms in total. The third-order valence-electron chi connectivity index (χ3n) is 2.34. The van der Waals surface area contributed by atoms with Crippen LogP contribution in [0.5, 0.6) is 0 Å². The lowest BCUT2D eigenvalue weighted by atomic mass is 10.2. The van der Waals surface area contributed by atoms with E-state index in [-0.39, 0.29) is 0 Å². The predicted octanol–water partition coefficient (Wildman–Crippen LogP) is 4.33. The van der Waals surface area contributed by atoms with Crippen molar-refractivity contribution in [2.75, 3.05) is 5.01 Å². The summed E-state index contributed by atoms with van der Waals surface area (Å²) in [6.45, 7) is 5.51. The van der Waals surface area contributed by atoms with Gasteiger partial charge in [0.25, 0.3) is 0 Å². The van der Waals surface area contributed by atoms with Crippen LogP contribution in [0.2, 0.25) is 0 Å². The molecule has 1 amide bonds. The third kappa shape index (κ3) is 3.99. The number of hydrogen-bond donors (Lipinski definition) is 1. The molecule has 0 saturated heterocycles. The number of rotatable bonds is 3. The molecule has 1 heterocycles. The van der Waals surface area contributed by atoms with Crippen LogP contribution in [0.3, 0.4) is 0 Å². The SMILES string of the molecule is CC(C)(C)OC(=O)NN(c1ccccc1)c1cccs1. The highest BCUT2D eigenvalue weighted by atomic mass is 32.1. The molecule has 0 aliphatic heterocycles. The van der Waals surface area contributed by atoms with E-state index >= 15 is 0 Å². The minimum absolute atomic E-state index is 0.477. The van der Waals surface area contributed by atoms with Crippen LogP contribution in [0, 0.1) is 0 Å². The lowest BCUT2D eigenvalue weighted by Gasteiger charge is -2.26. The molecule has 2 aromatic rings. The monoisotopic (exact) mass is 290 g/mol. The van der Waals surface area contributed by atoms with Crippen molar-refractivity contribution in [3.63, 3.8) is 0 Å². The van der Waals surface area contributed by atoms with Crippen LogP contribution < -0.4 is 10.4 Å². The van der Waals surface area contributed by atoms with E-state index < -0.39 is 11.7 Å². The van der Waals surface area contributed by atoms with Gasteiger partial charge in [-0.1, -0.05) is 18.2 Å². The molecule has 1 N–H and O–H groups in total. The zero-order valence-corrected chi connectivity index (χ0v) is 12.6. The molecule has 0 aliphatic rings. The highest BCUT2D eigenvalue weighted by Crippen LogP contribution is 2.27. The molecule has 0 unspecified atom stereocenters. The molecule has 106 valence electrons. The number of carbonyl (C=O) groups excluding carboxylic acids is 1. The Morgan fingerprint density at radius 1 is 1.15 bits per heavy atom. The van der Waals surface area contributed by atoms with Crippen molar-refractivity contribution in [2.45, 2.75) is 26.4 Å². The maximum Gasteiger partial charge on any atom is 0.427 e. The number of hydrazine groups is 1. The van der Waals surface area contributed by atoms with Crippen molar-refractivity contribution in [3.05, 3.63) is 47.8 Å². The second kappa shape index (κ2) is 5.96. The Labute approximate surface area is 123 Å². The van der Waals surface area contributed by atoms with Crippen molar-refractivity contribution in [1.82, 2.24) is 5.43 Å². The fourth-order valence-electron chi connectivity index (χ4n) is 1.61. The first-order valence-electron chi connectivity index (χ1n) is 6.34. The zero-order chi connectivity index (χ0) is 14.6. The molecule has 0 fully saturated rings. The van der Waals surface area contributed by atoms with Crippen LogP contribution in [0.25, 0.3) is 0 Å². The molecule has 0 aliphatic carbocycles. The van der Waals surface area contributed by atoms with Crippen LogP contribution in [0.15, 0.2) is 47.8 Å². The quantitative estimate of drug-likeness (QED) is 0.856. The molecule has 0 bridgehead atoms. The van der Waals surface area contributed by atoms with Gasteiger partial charge in [-0.2, -0.15) is 0 Å². The Balaban J connectivity index is 2.19. The van der Waals surface area contributed by atoms with Crippen LogP contribution in [-0.4, -0.2) is 11.7 Å². The summed E-state index contributed by atoms with van der Waals surface area (Å²) in [4.78, 5) is 12.0. The zero-order valence-electron chi connectivity index (χ0n) is 11.8. The summed E-state index contributed by atoms with van der Waals surface area (Å²) in [5.41, 5.74) is 3.12. The maximum absolute atomic E-state index is 12.0. The lowest BCUT2D eigenvalue weighted by Crippen LogP contribution is -2.41. The molecule has 5 heteroatoms. The minimum atomic E-state index is -0.526. The number of amides is 1. The van der Waals surface area contributed by atoms with Crippen molar-refractivity contribution < 1.29 is 9.53 Å². The molecule has 0 spiro atoms. The van der Waals surface area contributed by atoms with Crippen LogP contribution in [0.4, 0.5) is 15.5 Å². The summed E-state index contributed by atoms with van der Waals surface area (Å²) in [6, 6.07) is 13.5. The first-order valence-corrected chi connectivity index (χ1v) is 7.22. The van der Waals surface area contributed by atoms with Crippen molar-refractivity contribution >= 4 is 28.1 Å². The van der Waals surface area contributed by atoms with Crippen molar-refractivity contribution in [1.29, 1.82) is 0 Å². The first-order chi connectivity index (χ1) is 9.46. The Morgan fingerprint density at radius 3 is 2.40 bits per heavy atom. The Morgan fingerprint density at radius 2 is 1.85 bits per heavy atom. The van der Waals surface area contributed by atoms with Gasteiger partial charge in [-0.3, -0.25) is 0 Å². The van der Waals surface area contributed by atoms with E-state index in [0.717, 1.165) is 10.7 Å². The van der Waals surface area contributed by atoms with E-state index in [2.05, 4.69) is 5.43 Å². The van der Waals surface area contributed by atoms with E-state index in [9.17, 15) is 4.79 Å². The van der Waals surface area contributed by atoms with E-state index in [1.165, 1.54) is 0 Å². The molecular weight excluding hydrogens is 272 g/mol. The van der Waals surface area contributed by atoms with E-state index in [1.807, 2.05) is 68.6 Å². The van der Waals surface area contributed by atoms with Gasteiger partial charge in [0, 0.05) is 0 Å². The molecule has 20 heavy (non-hydrogen) atoms. The molecule has 0 atom stereocenters. The van der Waals surface area contributed by atoms with Gasteiger partial charge in [-0.15, -0.1) is 11.3 Å². The lowest BCUT2D eigenvalue weighted by molar-refractivity contribution is 0.0528. The molecule has 0 saturated carbocycles. The summed E-state index contributed by atoms with van der Waals surface area (Å²) in [5.74, 6) is 0. The number of nitrogens with zero attached hydrogens (tertiary/aromatic N) is 1. The number of thiophene rings is 1. The van der Waals surface area contributed by atoms with Gasteiger partial charge in [-0.25, -0.2) is 15.2 Å². The summed E-state index contributed by atoms with van der Waals surface area (Å²) < 4.78 is 5.30. The van der Waals surface area contributed by atoms with Crippen LogP contribution in [0.1, 0.15) is 20.8 Å². The smallest absolute Gasteiger partial charge is 0.427 e. The van der Waals surface area contributed by atoms with Gasteiger partial charge < -0.3 is 4.74 Å². The number of ether oxygens (including phenoxy) is 1. The normalized spacial score (nSPS) is 10.9. The number of para-hydroxylation sites is 1. The maximum atomic E-state index is 12.0. The van der Waals surface area contributed by atoms with E-state index in [0.29, 0.717) is 0 Å². The largest absolute Gasteiger partial charge is 0.443 e. The number of carbonyl (C=O) groups is 1. The second-order valence-electron chi connectivity index (χ2n) is 5.24. The topological polar surface area (TPSA) is 41.6 Å². The van der Waals surface area contributed by atoms with E-state index in [4.69, 9.17) is 4.74 Å².